The molecule has 1 unspecified atom stereocenters. The van der Waals surface area contributed by atoms with Crippen LogP contribution in [0.1, 0.15) is 39.7 Å². The summed E-state index contributed by atoms with van der Waals surface area (Å²) in [5, 5.41) is 0.964. The number of esters is 1. The van der Waals surface area contributed by atoms with Crippen molar-refractivity contribution in [3.63, 3.8) is 0 Å². The molecule has 2 heterocycles. The fraction of sp³-hybridized carbons (Fsp3) is 0.444. The van der Waals surface area contributed by atoms with Gasteiger partial charge in [-0.05, 0) is 31.0 Å². The van der Waals surface area contributed by atoms with Crippen molar-refractivity contribution in [2.24, 2.45) is 5.92 Å². The van der Waals surface area contributed by atoms with Crippen molar-refractivity contribution in [3.05, 3.63) is 45.9 Å². The van der Waals surface area contributed by atoms with Crippen LogP contribution in [0.5, 0.6) is 5.75 Å². The van der Waals surface area contributed by atoms with Crippen LogP contribution in [0.4, 0.5) is 0 Å². The second kappa shape index (κ2) is 7.77. The monoisotopic (exact) mass is 347 g/mol. The molecule has 1 aliphatic heterocycles. The molecule has 0 N–H and O–H groups in total. The maximum Gasteiger partial charge on any atom is 0.337 e. The van der Waals surface area contributed by atoms with E-state index in [0.717, 1.165) is 24.5 Å². The number of hydrogen-bond acceptors (Lipinski definition) is 6. The predicted octanol–water partition coefficient (Wildman–Crippen LogP) is 3.65. The summed E-state index contributed by atoms with van der Waals surface area (Å²) in [5.74, 6) is 0.536. The molecule has 0 bridgehead atoms. The molecule has 0 spiro atoms. The Hall–Kier alpha value is -1.92. The first-order chi connectivity index (χ1) is 11.7. The van der Waals surface area contributed by atoms with Gasteiger partial charge in [-0.1, -0.05) is 13.0 Å². The van der Waals surface area contributed by atoms with E-state index < -0.39 is 0 Å². The summed E-state index contributed by atoms with van der Waals surface area (Å²) in [7, 11) is 1.37. The number of carbonyl (C=O) groups is 1. The molecule has 24 heavy (non-hydrogen) atoms. The molecule has 128 valence electrons. The summed E-state index contributed by atoms with van der Waals surface area (Å²) >= 11 is 1.68. The van der Waals surface area contributed by atoms with E-state index in [1.807, 2.05) is 12.3 Å². The minimum atomic E-state index is -0.372. The Labute approximate surface area is 145 Å². The van der Waals surface area contributed by atoms with Gasteiger partial charge < -0.3 is 14.2 Å². The van der Waals surface area contributed by atoms with Crippen molar-refractivity contribution < 1.29 is 19.0 Å². The lowest BCUT2D eigenvalue weighted by Gasteiger charge is -2.22. The summed E-state index contributed by atoms with van der Waals surface area (Å²) in [6, 6.07) is 7.07. The second-order valence-electron chi connectivity index (χ2n) is 5.70. The van der Waals surface area contributed by atoms with Gasteiger partial charge in [-0.25, -0.2) is 9.78 Å². The number of carbonyl (C=O) groups excluding carboxylic acids is 1. The molecule has 1 aliphatic rings. The predicted molar refractivity (Wildman–Crippen MR) is 91.6 cm³/mol. The average molecular weight is 347 g/mol. The van der Waals surface area contributed by atoms with E-state index in [1.54, 1.807) is 29.5 Å². The zero-order chi connectivity index (χ0) is 16.9. The summed E-state index contributed by atoms with van der Waals surface area (Å²) < 4.78 is 16.5. The minimum Gasteiger partial charge on any atom is -0.483 e. The van der Waals surface area contributed by atoms with Crippen LogP contribution in [0.3, 0.4) is 0 Å². The van der Waals surface area contributed by atoms with Crippen LogP contribution < -0.4 is 4.74 Å². The molecule has 1 saturated heterocycles. The van der Waals surface area contributed by atoms with E-state index in [0.29, 0.717) is 17.9 Å². The molecule has 0 amide bonds. The van der Waals surface area contributed by atoms with Crippen LogP contribution in [0.15, 0.2) is 30.5 Å². The number of nitrogens with zero attached hydrogens (tertiary/aromatic N) is 1. The standard InChI is InChI=1S/C18H21NO4S/c1-3-15-10-19-17(24-15)16(13-7-8-22-11-13)23-14-6-4-5-12(9-14)18(20)21-2/h4-6,9-10,13,16H,3,7-8,11H2,1-2H3/t13-,16?/m0/s1. The molecule has 2 atom stereocenters. The van der Waals surface area contributed by atoms with Crippen molar-refractivity contribution in [1.29, 1.82) is 0 Å². The molecular weight excluding hydrogens is 326 g/mol. The smallest absolute Gasteiger partial charge is 0.337 e. The van der Waals surface area contributed by atoms with Gasteiger partial charge >= 0.3 is 5.97 Å². The van der Waals surface area contributed by atoms with Gasteiger partial charge in [-0.2, -0.15) is 0 Å². The molecule has 1 aromatic heterocycles. The highest BCUT2D eigenvalue weighted by Crippen LogP contribution is 2.35. The molecule has 0 radical (unpaired) electrons. The van der Waals surface area contributed by atoms with E-state index in [9.17, 15) is 4.79 Å². The Morgan fingerprint density at radius 3 is 3.04 bits per heavy atom. The van der Waals surface area contributed by atoms with Gasteiger partial charge in [0, 0.05) is 23.6 Å². The largest absolute Gasteiger partial charge is 0.483 e. The van der Waals surface area contributed by atoms with Crippen LogP contribution in [-0.2, 0) is 15.9 Å². The molecule has 6 heteroatoms. The Kier molecular flexibility index (Phi) is 5.48. The van der Waals surface area contributed by atoms with Crippen molar-refractivity contribution >= 4 is 17.3 Å². The summed E-state index contributed by atoms with van der Waals surface area (Å²) in [6.07, 6.45) is 3.66. The summed E-state index contributed by atoms with van der Waals surface area (Å²) in [6.45, 7) is 3.53. The highest BCUT2D eigenvalue weighted by molar-refractivity contribution is 7.11. The fourth-order valence-electron chi connectivity index (χ4n) is 2.72. The van der Waals surface area contributed by atoms with Gasteiger partial charge in [-0.3, -0.25) is 0 Å². The first-order valence-corrected chi connectivity index (χ1v) is 8.90. The highest BCUT2D eigenvalue weighted by atomic mass is 32.1. The van der Waals surface area contributed by atoms with Gasteiger partial charge in [0.05, 0.1) is 19.3 Å². The normalized spacial score (nSPS) is 18.3. The topological polar surface area (TPSA) is 57.7 Å². The van der Waals surface area contributed by atoms with E-state index in [2.05, 4.69) is 11.9 Å². The maximum absolute atomic E-state index is 11.7. The molecule has 0 saturated carbocycles. The SMILES string of the molecule is CCc1cnc(C(Oc2cccc(C(=O)OC)c2)[C@H]2CCOC2)s1. The fourth-order valence-corrected chi connectivity index (χ4v) is 3.70. The number of hydrogen-bond donors (Lipinski definition) is 0. The van der Waals surface area contributed by atoms with Gasteiger partial charge in [0.1, 0.15) is 10.8 Å². The molecule has 0 aliphatic carbocycles. The van der Waals surface area contributed by atoms with Crippen LogP contribution in [0.25, 0.3) is 0 Å². The zero-order valence-electron chi connectivity index (χ0n) is 13.9. The second-order valence-corrected chi connectivity index (χ2v) is 6.85. The van der Waals surface area contributed by atoms with Crippen molar-refractivity contribution in [2.75, 3.05) is 20.3 Å². The van der Waals surface area contributed by atoms with Crippen LogP contribution in [-0.4, -0.2) is 31.3 Å². The van der Waals surface area contributed by atoms with Crippen molar-refractivity contribution in [1.82, 2.24) is 4.98 Å². The third-order valence-corrected chi connectivity index (χ3v) is 5.28. The van der Waals surface area contributed by atoms with Crippen molar-refractivity contribution in [2.45, 2.75) is 25.9 Å². The highest BCUT2D eigenvalue weighted by Gasteiger charge is 2.31. The quantitative estimate of drug-likeness (QED) is 0.747. The molecule has 1 fully saturated rings. The molecular formula is C18H21NO4S. The van der Waals surface area contributed by atoms with Crippen LogP contribution in [0.2, 0.25) is 0 Å². The average Bonchev–Trinajstić information content (AvgIpc) is 3.31. The van der Waals surface area contributed by atoms with Gasteiger partial charge in [0.2, 0.25) is 0 Å². The lowest BCUT2D eigenvalue weighted by atomic mass is 10.0. The lowest BCUT2D eigenvalue weighted by Crippen LogP contribution is -2.19. The Morgan fingerprint density at radius 1 is 1.50 bits per heavy atom. The minimum absolute atomic E-state index is 0.161. The third kappa shape index (κ3) is 3.76. The zero-order valence-corrected chi connectivity index (χ0v) is 14.7. The van der Waals surface area contributed by atoms with Gasteiger partial charge in [0.25, 0.3) is 0 Å². The first-order valence-electron chi connectivity index (χ1n) is 8.08. The maximum atomic E-state index is 11.7. The third-order valence-electron chi connectivity index (χ3n) is 4.07. The van der Waals surface area contributed by atoms with E-state index in [4.69, 9.17) is 14.2 Å². The van der Waals surface area contributed by atoms with Crippen LogP contribution >= 0.6 is 11.3 Å². The number of thiazole rings is 1. The van der Waals surface area contributed by atoms with E-state index in [-0.39, 0.29) is 18.0 Å². The lowest BCUT2D eigenvalue weighted by molar-refractivity contribution is 0.0599. The number of aromatic nitrogens is 1. The number of benzene rings is 1. The number of rotatable bonds is 6. The number of ether oxygens (including phenoxy) is 3. The summed E-state index contributed by atoms with van der Waals surface area (Å²) in [5.41, 5.74) is 0.477. The van der Waals surface area contributed by atoms with Gasteiger partial charge in [0.15, 0.2) is 6.10 Å². The summed E-state index contributed by atoms with van der Waals surface area (Å²) in [4.78, 5) is 17.5. The molecule has 2 aromatic rings. The van der Waals surface area contributed by atoms with E-state index >= 15 is 0 Å². The molecule has 3 rings (SSSR count). The van der Waals surface area contributed by atoms with Crippen LogP contribution in [0, 0.1) is 5.92 Å². The first kappa shape index (κ1) is 16.9. The van der Waals surface area contributed by atoms with Crippen molar-refractivity contribution in [3.8, 4) is 5.75 Å². The Morgan fingerprint density at radius 2 is 2.38 bits per heavy atom. The van der Waals surface area contributed by atoms with Gasteiger partial charge in [-0.15, -0.1) is 11.3 Å². The molecule has 5 nitrogen and oxygen atoms in total. The Balaban J connectivity index is 1.85. The number of aryl methyl sites for hydroxylation is 1. The number of methoxy groups -OCH3 is 1. The van der Waals surface area contributed by atoms with E-state index in [1.165, 1.54) is 12.0 Å². The Bertz CT molecular complexity index is 694. The molecule has 1 aromatic carbocycles.